The molecule has 0 aromatic carbocycles. The summed E-state index contributed by atoms with van der Waals surface area (Å²) in [7, 11) is 0. The van der Waals surface area contributed by atoms with E-state index in [0.29, 0.717) is 11.6 Å². The molecule has 0 amide bonds. The van der Waals surface area contributed by atoms with Crippen molar-refractivity contribution in [2.24, 2.45) is 0 Å². The molecule has 98 valence electrons. The van der Waals surface area contributed by atoms with Gasteiger partial charge in [-0.3, -0.25) is 0 Å². The summed E-state index contributed by atoms with van der Waals surface area (Å²) >= 11 is 0. The molecule has 1 aromatic heterocycles. The predicted molar refractivity (Wildman–Crippen MR) is 72.4 cm³/mol. The van der Waals surface area contributed by atoms with Crippen LogP contribution < -0.4 is 5.32 Å². The Morgan fingerprint density at radius 1 is 1.39 bits per heavy atom. The van der Waals surface area contributed by atoms with Crippen LogP contribution in [0.25, 0.3) is 0 Å². The summed E-state index contributed by atoms with van der Waals surface area (Å²) in [5.74, 6) is 0.534. The Morgan fingerprint density at radius 3 is 2.61 bits per heavy atom. The first-order valence-corrected chi connectivity index (χ1v) is 6.33. The zero-order valence-electron chi connectivity index (χ0n) is 11.6. The summed E-state index contributed by atoms with van der Waals surface area (Å²) in [6.07, 6.45) is 0. The smallest absolute Gasteiger partial charge is 0.224 e. The normalized spacial score (nSPS) is 12.2. The molecule has 0 fully saturated rings. The van der Waals surface area contributed by atoms with Crippen molar-refractivity contribution in [3.05, 3.63) is 17.5 Å². The van der Waals surface area contributed by atoms with Gasteiger partial charge in [-0.15, -0.1) is 0 Å². The van der Waals surface area contributed by atoms with Gasteiger partial charge >= 0.3 is 0 Å². The lowest BCUT2D eigenvalue weighted by molar-refractivity contribution is 0.294. The molecule has 1 aromatic rings. The average molecular weight is 247 g/mol. The highest BCUT2D eigenvalue weighted by molar-refractivity contribution is 5.33. The lowest BCUT2D eigenvalue weighted by Gasteiger charge is -2.23. The minimum absolute atomic E-state index is 0.248. The Labute approximate surface area is 109 Å². The van der Waals surface area contributed by atoms with Crippen molar-refractivity contribution < 1.29 is 0 Å². The third-order valence-corrected chi connectivity index (χ3v) is 2.77. The van der Waals surface area contributed by atoms with E-state index in [-0.39, 0.29) is 6.04 Å². The molecular weight excluding hydrogens is 226 g/mol. The van der Waals surface area contributed by atoms with Gasteiger partial charge in [-0.25, -0.2) is 9.97 Å². The maximum Gasteiger partial charge on any atom is 0.224 e. The first-order chi connectivity index (χ1) is 8.58. The van der Waals surface area contributed by atoms with Crippen molar-refractivity contribution in [3.8, 4) is 6.07 Å². The fraction of sp³-hybridized carbons (Fsp3) is 0.615. The fourth-order valence-corrected chi connectivity index (χ4v) is 1.83. The Kier molecular flexibility index (Phi) is 5.53. The van der Waals surface area contributed by atoms with Crippen molar-refractivity contribution in [3.63, 3.8) is 0 Å². The van der Waals surface area contributed by atoms with Crippen molar-refractivity contribution in [2.75, 3.05) is 25.0 Å². The quantitative estimate of drug-likeness (QED) is 0.830. The summed E-state index contributed by atoms with van der Waals surface area (Å²) in [6.45, 7) is 11.2. The number of nitrogens with zero attached hydrogens (tertiary/aromatic N) is 4. The molecular formula is C13H21N5. The van der Waals surface area contributed by atoms with E-state index >= 15 is 0 Å². The third-order valence-electron chi connectivity index (χ3n) is 2.77. The van der Waals surface area contributed by atoms with Gasteiger partial charge in [0, 0.05) is 18.3 Å². The number of anilines is 1. The van der Waals surface area contributed by atoms with Gasteiger partial charge in [-0.1, -0.05) is 13.8 Å². The minimum Gasteiger partial charge on any atom is -0.350 e. The van der Waals surface area contributed by atoms with Gasteiger partial charge < -0.3 is 10.2 Å². The van der Waals surface area contributed by atoms with E-state index in [1.165, 1.54) is 0 Å². The molecule has 0 spiro atoms. The number of hydrogen-bond acceptors (Lipinski definition) is 5. The summed E-state index contributed by atoms with van der Waals surface area (Å²) in [5.41, 5.74) is 1.21. The monoisotopic (exact) mass is 247 g/mol. The van der Waals surface area contributed by atoms with Crippen molar-refractivity contribution >= 4 is 5.95 Å². The van der Waals surface area contributed by atoms with Gasteiger partial charge in [-0.2, -0.15) is 5.26 Å². The molecule has 1 heterocycles. The zero-order valence-corrected chi connectivity index (χ0v) is 11.6. The molecule has 0 aliphatic carbocycles. The highest BCUT2D eigenvalue weighted by Crippen LogP contribution is 2.06. The highest BCUT2D eigenvalue weighted by atomic mass is 15.2. The van der Waals surface area contributed by atoms with Gasteiger partial charge in [0.05, 0.1) is 0 Å². The number of nitriles is 1. The molecule has 1 rings (SSSR count). The van der Waals surface area contributed by atoms with Crippen LogP contribution >= 0.6 is 0 Å². The number of nitrogens with one attached hydrogen (secondary N) is 1. The Morgan fingerprint density at radius 2 is 2.06 bits per heavy atom. The van der Waals surface area contributed by atoms with E-state index in [1.54, 1.807) is 6.07 Å². The SMILES string of the molecule is CCN(CC)CC(C)Nc1nc(C)cc(C#N)n1. The molecule has 0 saturated heterocycles. The molecule has 5 nitrogen and oxygen atoms in total. The molecule has 1 N–H and O–H groups in total. The van der Waals surface area contributed by atoms with Crippen molar-refractivity contribution in [2.45, 2.75) is 33.7 Å². The van der Waals surface area contributed by atoms with Gasteiger partial charge in [-0.05, 0) is 33.0 Å². The fourth-order valence-electron chi connectivity index (χ4n) is 1.83. The van der Waals surface area contributed by atoms with Crippen LogP contribution in [0.5, 0.6) is 0 Å². The minimum atomic E-state index is 0.248. The number of rotatable bonds is 6. The largest absolute Gasteiger partial charge is 0.350 e. The Bertz CT molecular complexity index is 420. The van der Waals surface area contributed by atoms with E-state index < -0.39 is 0 Å². The number of likely N-dealkylation sites (N-methyl/N-ethyl adjacent to an activating group) is 1. The van der Waals surface area contributed by atoms with E-state index in [0.717, 1.165) is 25.3 Å². The van der Waals surface area contributed by atoms with Crippen LogP contribution in [0.2, 0.25) is 0 Å². The van der Waals surface area contributed by atoms with Crippen LogP contribution in [-0.2, 0) is 0 Å². The second kappa shape index (κ2) is 6.92. The molecule has 0 aliphatic heterocycles. The lowest BCUT2D eigenvalue weighted by Crippen LogP contribution is -2.35. The first kappa shape index (κ1) is 14.4. The highest BCUT2D eigenvalue weighted by Gasteiger charge is 2.09. The second-order valence-corrected chi connectivity index (χ2v) is 4.36. The number of aromatic nitrogens is 2. The molecule has 1 unspecified atom stereocenters. The second-order valence-electron chi connectivity index (χ2n) is 4.36. The van der Waals surface area contributed by atoms with Gasteiger partial charge in [0.15, 0.2) is 0 Å². The molecule has 5 heteroatoms. The van der Waals surface area contributed by atoms with Crippen molar-refractivity contribution in [1.29, 1.82) is 5.26 Å². The summed E-state index contributed by atoms with van der Waals surface area (Å²) in [6, 6.07) is 3.97. The van der Waals surface area contributed by atoms with E-state index in [4.69, 9.17) is 5.26 Å². The van der Waals surface area contributed by atoms with Crippen LogP contribution in [0.4, 0.5) is 5.95 Å². The lowest BCUT2D eigenvalue weighted by atomic mass is 10.3. The van der Waals surface area contributed by atoms with Crippen LogP contribution in [0.1, 0.15) is 32.2 Å². The number of aryl methyl sites for hydroxylation is 1. The Hall–Kier alpha value is -1.67. The van der Waals surface area contributed by atoms with Gasteiger partial charge in [0.2, 0.25) is 5.95 Å². The molecule has 0 saturated carbocycles. The van der Waals surface area contributed by atoms with E-state index in [1.807, 2.05) is 13.0 Å². The standard InChI is InChI=1S/C13H21N5/c1-5-18(6-2)9-11(4)16-13-15-10(3)7-12(8-14)17-13/h7,11H,5-6,9H2,1-4H3,(H,15,16,17). The van der Waals surface area contributed by atoms with Crippen LogP contribution in [0.15, 0.2) is 6.07 Å². The Balaban J connectivity index is 2.67. The van der Waals surface area contributed by atoms with Gasteiger partial charge in [0.1, 0.15) is 11.8 Å². The molecule has 0 aliphatic rings. The van der Waals surface area contributed by atoms with Crippen LogP contribution in [-0.4, -0.2) is 40.5 Å². The summed E-state index contributed by atoms with van der Waals surface area (Å²) in [4.78, 5) is 10.8. The third kappa shape index (κ3) is 4.30. The molecule has 1 atom stereocenters. The molecule has 18 heavy (non-hydrogen) atoms. The predicted octanol–water partition coefficient (Wildman–Crippen LogP) is 1.80. The topological polar surface area (TPSA) is 64.8 Å². The number of hydrogen-bond donors (Lipinski definition) is 1. The van der Waals surface area contributed by atoms with Crippen molar-refractivity contribution in [1.82, 2.24) is 14.9 Å². The maximum absolute atomic E-state index is 8.87. The van der Waals surface area contributed by atoms with E-state index in [2.05, 4.69) is 41.0 Å². The zero-order chi connectivity index (χ0) is 13.5. The summed E-state index contributed by atoms with van der Waals surface area (Å²) in [5, 5.41) is 12.1. The maximum atomic E-state index is 8.87. The summed E-state index contributed by atoms with van der Waals surface area (Å²) < 4.78 is 0. The molecule has 0 bridgehead atoms. The molecule has 0 radical (unpaired) electrons. The average Bonchev–Trinajstić information content (AvgIpc) is 2.35. The van der Waals surface area contributed by atoms with Crippen LogP contribution in [0.3, 0.4) is 0 Å². The van der Waals surface area contributed by atoms with Gasteiger partial charge in [0.25, 0.3) is 0 Å². The van der Waals surface area contributed by atoms with E-state index in [9.17, 15) is 0 Å². The van der Waals surface area contributed by atoms with Crippen LogP contribution in [0, 0.1) is 18.3 Å². The first-order valence-electron chi connectivity index (χ1n) is 6.33.